The van der Waals surface area contributed by atoms with Crippen LogP contribution in [0, 0.1) is 0 Å². The Morgan fingerprint density at radius 2 is 1.70 bits per heavy atom. The van der Waals surface area contributed by atoms with Crippen LogP contribution < -0.4 is 9.46 Å². The van der Waals surface area contributed by atoms with E-state index in [2.05, 4.69) is 21.8 Å². The second kappa shape index (κ2) is 9.50. The van der Waals surface area contributed by atoms with Crippen molar-refractivity contribution in [3.05, 3.63) is 66.7 Å². The standard InChI is InChI=1S/C21H24N2O3S/c1-23(2)15-6-16-25-27(24)22-18-11-13-19(14-12-18)26-21-10-5-8-17-7-3-4-9-20(17)21/h3-5,7-14,22H,6,15-16H2,1-2H3. The molecule has 1 N–H and O–H groups in total. The first-order chi connectivity index (χ1) is 13.1. The Labute approximate surface area is 162 Å². The average molecular weight is 385 g/mol. The zero-order valence-electron chi connectivity index (χ0n) is 15.6. The van der Waals surface area contributed by atoms with E-state index in [0.717, 1.165) is 35.2 Å². The van der Waals surface area contributed by atoms with Gasteiger partial charge in [-0.3, -0.25) is 8.91 Å². The van der Waals surface area contributed by atoms with Gasteiger partial charge in [-0.15, -0.1) is 0 Å². The van der Waals surface area contributed by atoms with Crippen molar-refractivity contribution in [3.8, 4) is 11.5 Å². The molecular formula is C21H24N2O3S. The number of rotatable bonds is 9. The lowest BCUT2D eigenvalue weighted by atomic mass is 10.1. The molecule has 142 valence electrons. The van der Waals surface area contributed by atoms with E-state index in [1.165, 1.54) is 0 Å². The summed E-state index contributed by atoms with van der Waals surface area (Å²) in [7, 11) is 3.99. The minimum atomic E-state index is -1.56. The molecule has 3 aromatic carbocycles. The fraction of sp³-hybridized carbons (Fsp3) is 0.238. The Kier molecular flexibility index (Phi) is 6.81. The van der Waals surface area contributed by atoms with Gasteiger partial charge in [0.15, 0.2) is 0 Å². The fourth-order valence-corrected chi connectivity index (χ4v) is 3.30. The Morgan fingerprint density at radius 3 is 2.48 bits per heavy atom. The van der Waals surface area contributed by atoms with Gasteiger partial charge in [0.1, 0.15) is 11.5 Å². The smallest absolute Gasteiger partial charge is 0.261 e. The SMILES string of the molecule is CN(C)CCCOS(=O)Nc1ccc(Oc2cccc3ccccc23)cc1. The summed E-state index contributed by atoms with van der Waals surface area (Å²) >= 11 is -1.56. The number of nitrogens with zero attached hydrogens (tertiary/aromatic N) is 1. The number of fused-ring (bicyclic) bond motifs is 1. The zero-order chi connectivity index (χ0) is 19.1. The van der Waals surface area contributed by atoms with Crippen LogP contribution in [0.15, 0.2) is 66.7 Å². The van der Waals surface area contributed by atoms with E-state index in [4.69, 9.17) is 8.92 Å². The number of ether oxygens (including phenoxy) is 1. The molecule has 0 amide bonds. The zero-order valence-corrected chi connectivity index (χ0v) is 16.4. The lowest BCUT2D eigenvalue weighted by Crippen LogP contribution is -2.16. The molecule has 0 aromatic heterocycles. The third kappa shape index (κ3) is 5.79. The van der Waals surface area contributed by atoms with E-state index in [1.54, 1.807) is 0 Å². The summed E-state index contributed by atoms with van der Waals surface area (Å²) in [4.78, 5) is 2.06. The van der Waals surface area contributed by atoms with Gasteiger partial charge in [0.05, 0.1) is 6.61 Å². The van der Waals surface area contributed by atoms with Crippen LogP contribution in [0.3, 0.4) is 0 Å². The third-order valence-corrected chi connectivity index (χ3v) is 4.76. The summed E-state index contributed by atoms with van der Waals surface area (Å²) in [5, 5.41) is 2.20. The van der Waals surface area contributed by atoms with E-state index in [1.807, 2.05) is 68.7 Å². The van der Waals surface area contributed by atoms with E-state index in [9.17, 15) is 4.21 Å². The second-order valence-corrected chi connectivity index (χ2v) is 7.33. The molecule has 6 heteroatoms. The monoisotopic (exact) mass is 384 g/mol. The highest BCUT2D eigenvalue weighted by Gasteiger charge is 2.05. The number of benzene rings is 3. The summed E-state index contributed by atoms with van der Waals surface area (Å²) in [5.41, 5.74) is 0.714. The van der Waals surface area contributed by atoms with Gasteiger partial charge >= 0.3 is 0 Å². The lowest BCUT2D eigenvalue weighted by molar-refractivity contribution is 0.303. The summed E-state index contributed by atoms with van der Waals surface area (Å²) in [6, 6.07) is 21.4. The molecule has 0 fully saturated rings. The van der Waals surface area contributed by atoms with E-state index >= 15 is 0 Å². The van der Waals surface area contributed by atoms with Gasteiger partial charge in [0.25, 0.3) is 11.3 Å². The van der Waals surface area contributed by atoms with Crippen molar-refractivity contribution < 1.29 is 13.1 Å². The largest absolute Gasteiger partial charge is 0.457 e. The van der Waals surface area contributed by atoms with Gasteiger partial charge in [-0.2, -0.15) is 0 Å². The molecule has 27 heavy (non-hydrogen) atoms. The molecule has 1 atom stereocenters. The normalized spacial score (nSPS) is 12.3. The first-order valence-electron chi connectivity index (χ1n) is 8.84. The van der Waals surface area contributed by atoms with Crippen LogP contribution in [0.25, 0.3) is 10.8 Å². The molecule has 1 unspecified atom stereocenters. The van der Waals surface area contributed by atoms with Crippen molar-refractivity contribution in [2.45, 2.75) is 6.42 Å². The summed E-state index contributed by atoms with van der Waals surface area (Å²) in [5.74, 6) is 1.52. The molecule has 0 aliphatic heterocycles. The van der Waals surface area contributed by atoms with Gasteiger partial charge in [-0.25, -0.2) is 4.21 Å². The van der Waals surface area contributed by atoms with Crippen LogP contribution >= 0.6 is 0 Å². The summed E-state index contributed by atoms with van der Waals surface area (Å²) in [6.07, 6.45) is 0.832. The van der Waals surface area contributed by atoms with E-state index in [0.29, 0.717) is 12.3 Å². The number of hydrogen-bond acceptors (Lipinski definition) is 4. The molecule has 0 saturated carbocycles. The Hall–Kier alpha value is -2.41. The van der Waals surface area contributed by atoms with Crippen LogP contribution in [0.4, 0.5) is 5.69 Å². The predicted octanol–water partition coefficient (Wildman–Crippen LogP) is 4.59. The minimum Gasteiger partial charge on any atom is -0.457 e. The van der Waals surface area contributed by atoms with Crippen LogP contribution in [0.5, 0.6) is 11.5 Å². The molecule has 0 heterocycles. The van der Waals surface area contributed by atoms with Crippen LogP contribution in [0.2, 0.25) is 0 Å². The van der Waals surface area contributed by atoms with Crippen LogP contribution in [0.1, 0.15) is 6.42 Å². The molecule has 0 aliphatic rings. The Morgan fingerprint density at radius 1 is 0.963 bits per heavy atom. The molecular weight excluding hydrogens is 360 g/mol. The van der Waals surface area contributed by atoms with Gasteiger partial charge in [-0.05, 0) is 62.8 Å². The fourth-order valence-electron chi connectivity index (χ4n) is 2.64. The first-order valence-corrected chi connectivity index (χ1v) is 9.91. The van der Waals surface area contributed by atoms with E-state index < -0.39 is 11.3 Å². The molecule has 0 radical (unpaired) electrons. The Bertz CT molecular complexity index is 892. The number of hydrogen-bond donors (Lipinski definition) is 1. The van der Waals surface area contributed by atoms with Crippen molar-refractivity contribution in [2.24, 2.45) is 0 Å². The topological polar surface area (TPSA) is 50.8 Å². The molecule has 0 bridgehead atoms. The average Bonchev–Trinajstić information content (AvgIpc) is 2.67. The van der Waals surface area contributed by atoms with Gasteiger partial charge < -0.3 is 9.64 Å². The molecule has 0 aliphatic carbocycles. The minimum absolute atomic E-state index is 0.445. The third-order valence-electron chi connectivity index (χ3n) is 3.97. The molecule has 3 rings (SSSR count). The first kappa shape index (κ1) is 19.4. The maximum absolute atomic E-state index is 11.9. The predicted molar refractivity (Wildman–Crippen MR) is 111 cm³/mol. The maximum atomic E-state index is 11.9. The maximum Gasteiger partial charge on any atom is 0.261 e. The number of anilines is 1. The van der Waals surface area contributed by atoms with Gasteiger partial charge in [-0.1, -0.05) is 36.4 Å². The van der Waals surface area contributed by atoms with Crippen molar-refractivity contribution in [2.75, 3.05) is 32.0 Å². The molecule has 0 saturated heterocycles. The highest BCUT2D eigenvalue weighted by Crippen LogP contribution is 2.30. The van der Waals surface area contributed by atoms with E-state index in [-0.39, 0.29) is 0 Å². The van der Waals surface area contributed by atoms with Crippen LogP contribution in [-0.2, 0) is 15.4 Å². The highest BCUT2D eigenvalue weighted by atomic mass is 32.2. The van der Waals surface area contributed by atoms with Crippen LogP contribution in [-0.4, -0.2) is 36.4 Å². The van der Waals surface area contributed by atoms with Crippen molar-refractivity contribution in [1.29, 1.82) is 0 Å². The quantitative estimate of drug-likeness (QED) is 0.548. The van der Waals surface area contributed by atoms with Gasteiger partial charge in [0.2, 0.25) is 0 Å². The molecule has 3 aromatic rings. The molecule has 5 nitrogen and oxygen atoms in total. The summed E-state index contributed by atoms with van der Waals surface area (Å²) in [6.45, 7) is 1.34. The number of nitrogens with one attached hydrogen (secondary N) is 1. The highest BCUT2D eigenvalue weighted by molar-refractivity contribution is 7.81. The molecule has 0 spiro atoms. The van der Waals surface area contributed by atoms with Crippen molar-refractivity contribution in [3.63, 3.8) is 0 Å². The summed E-state index contributed by atoms with van der Waals surface area (Å²) < 4.78 is 26.0. The Balaban J connectivity index is 1.56. The lowest BCUT2D eigenvalue weighted by Gasteiger charge is -2.11. The van der Waals surface area contributed by atoms with Crippen molar-refractivity contribution >= 4 is 27.7 Å². The second-order valence-electron chi connectivity index (χ2n) is 6.42. The van der Waals surface area contributed by atoms with Crippen molar-refractivity contribution in [1.82, 2.24) is 4.90 Å². The van der Waals surface area contributed by atoms with Gasteiger partial charge in [0, 0.05) is 11.1 Å².